The van der Waals surface area contributed by atoms with Gasteiger partial charge in [0.05, 0.1) is 13.1 Å². The molecule has 2 rings (SSSR count). The van der Waals surface area contributed by atoms with E-state index in [1.54, 1.807) is 36.1 Å². The molecule has 7 nitrogen and oxygen atoms in total. The number of piperazine rings is 1. The van der Waals surface area contributed by atoms with Crippen molar-refractivity contribution in [2.75, 3.05) is 66.6 Å². The molecule has 0 bridgehead atoms. The molecular formula is C20H30ClFN4O3. The second-order valence-corrected chi connectivity index (χ2v) is 7.63. The largest absolute Gasteiger partial charge is 0.385 e. The van der Waals surface area contributed by atoms with Crippen molar-refractivity contribution in [2.45, 2.75) is 13.0 Å². The molecule has 1 aliphatic rings. The maximum absolute atomic E-state index is 14.0. The highest BCUT2D eigenvalue weighted by Gasteiger charge is 2.23. The fourth-order valence-corrected chi connectivity index (χ4v) is 3.42. The van der Waals surface area contributed by atoms with E-state index in [1.807, 2.05) is 0 Å². The smallest absolute Gasteiger partial charge is 0.236 e. The summed E-state index contributed by atoms with van der Waals surface area (Å²) >= 11 is 6.10. The molecule has 0 aliphatic carbocycles. The molecule has 29 heavy (non-hydrogen) atoms. The first kappa shape index (κ1) is 23.5. The van der Waals surface area contributed by atoms with Gasteiger partial charge in [-0.15, -0.1) is 0 Å². The number of likely N-dealkylation sites (N-methyl/N-ethyl adjacent to an activating group) is 1. The summed E-state index contributed by atoms with van der Waals surface area (Å²) in [6.45, 7) is 4.39. The zero-order chi connectivity index (χ0) is 21.2. The molecular weight excluding hydrogens is 399 g/mol. The number of halogens is 2. The second-order valence-electron chi connectivity index (χ2n) is 7.23. The number of nitrogens with zero attached hydrogens (tertiary/aromatic N) is 3. The van der Waals surface area contributed by atoms with E-state index < -0.39 is 0 Å². The zero-order valence-corrected chi connectivity index (χ0v) is 17.9. The lowest BCUT2D eigenvalue weighted by atomic mass is 10.2. The number of nitrogens with one attached hydrogen (secondary N) is 1. The first-order chi connectivity index (χ1) is 13.9. The number of carbonyl (C=O) groups is 2. The molecule has 1 aliphatic heterocycles. The van der Waals surface area contributed by atoms with Crippen LogP contribution in [-0.4, -0.2) is 93.1 Å². The second kappa shape index (κ2) is 12.1. The van der Waals surface area contributed by atoms with E-state index >= 15 is 0 Å². The SMILES string of the molecule is COCCCNC(=O)CN(C)CC(=O)N1CCN(Cc2c(F)cccc2Cl)CC1. The van der Waals surface area contributed by atoms with E-state index in [0.29, 0.717) is 56.5 Å². The fourth-order valence-electron chi connectivity index (χ4n) is 3.19. The summed E-state index contributed by atoms with van der Waals surface area (Å²) in [6, 6.07) is 4.68. The maximum Gasteiger partial charge on any atom is 0.236 e. The highest BCUT2D eigenvalue weighted by atomic mass is 35.5. The molecule has 162 valence electrons. The molecule has 1 N–H and O–H groups in total. The zero-order valence-electron chi connectivity index (χ0n) is 17.1. The van der Waals surface area contributed by atoms with Crippen molar-refractivity contribution in [3.63, 3.8) is 0 Å². The average molecular weight is 429 g/mol. The van der Waals surface area contributed by atoms with Gasteiger partial charge in [0.2, 0.25) is 11.8 Å². The van der Waals surface area contributed by atoms with Crippen LogP contribution < -0.4 is 5.32 Å². The number of hydrogen-bond donors (Lipinski definition) is 1. The fraction of sp³-hybridized carbons (Fsp3) is 0.600. The molecule has 0 atom stereocenters. The summed E-state index contributed by atoms with van der Waals surface area (Å²) < 4.78 is 18.9. The Labute approximate surface area is 176 Å². The Balaban J connectivity index is 1.70. The summed E-state index contributed by atoms with van der Waals surface area (Å²) in [5.41, 5.74) is 0.491. The van der Waals surface area contributed by atoms with Gasteiger partial charge in [-0.1, -0.05) is 17.7 Å². The molecule has 1 aromatic rings. The predicted molar refractivity (Wildman–Crippen MR) is 110 cm³/mol. The van der Waals surface area contributed by atoms with Crippen LogP contribution in [0, 0.1) is 5.82 Å². The molecule has 1 saturated heterocycles. The topological polar surface area (TPSA) is 65.1 Å². The van der Waals surface area contributed by atoms with Crippen molar-refractivity contribution in [2.24, 2.45) is 0 Å². The van der Waals surface area contributed by atoms with E-state index in [0.717, 1.165) is 6.42 Å². The number of amides is 2. The number of methoxy groups -OCH3 is 1. The normalized spacial score (nSPS) is 15.0. The lowest BCUT2D eigenvalue weighted by Gasteiger charge is -2.35. The third-order valence-corrected chi connectivity index (χ3v) is 5.19. The van der Waals surface area contributed by atoms with E-state index in [4.69, 9.17) is 16.3 Å². The summed E-state index contributed by atoms with van der Waals surface area (Å²) in [4.78, 5) is 30.0. The molecule has 0 saturated carbocycles. The van der Waals surface area contributed by atoms with E-state index in [1.165, 1.54) is 6.07 Å². The van der Waals surface area contributed by atoms with Gasteiger partial charge in [0.1, 0.15) is 5.82 Å². The third kappa shape index (κ3) is 7.89. The van der Waals surface area contributed by atoms with Gasteiger partial charge in [-0.3, -0.25) is 19.4 Å². The van der Waals surface area contributed by atoms with Gasteiger partial charge in [0.25, 0.3) is 0 Å². The summed E-state index contributed by atoms with van der Waals surface area (Å²) in [7, 11) is 3.37. The Morgan fingerprint density at radius 2 is 1.97 bits per heavy atom. The lowest BCUT2D eigenvalue weighted by molar-refractivity contribution is -0.134. The Hall–Kier alpha value is -1.74. The molecule has 1 fully saturated rings. The summed E-state index contributed by atoms with van der Waals surface area (Å²) in [5, 5.41) is 3.23. The Morgan fingerprint density at radius 1 is 1.24 bits per heavy atom. The van der Waals surface area contributed by atoms with Crippen LogP contribution in [0.2, 0.25) is 5.02 Å². The number of benzene rings is 1. The third-order valence-electron chi connectivity index (χ3n) is 4.83. The van der Waals surface area contributed by atoms with Gasteiger partial charge in [-0.05, 0) is 25.6 Å². The molecule has 1 aromatic carbocycles. The maximum atomic E-state index is 14.0. The minimum absolute atomic E-state index is 0.0109. The van der Waals surface area contributed by atoms with Gasteiger partial charge in [-0.25, -0.2) is 4.39 Å². The van der Waals surface area contributed by atoms with Gasteiger partial charge in [0, 0.05) is 63.6 Å². The minimum Gasteiger partial charge on any atom is -0.385 e. The predicted octanol–water partition coefficient (Wildman–Crippen LogP) is 1.21. The molecule has 0 radical (unpaired) electrons. The van der Waals surface area contributed by atoms with Crippen LogP contribution in [0.5, 0.6) is 0 Å². The van der Waals surface area contributed by atoms with Crippen molar-refractivity contribution >= 4 is 23.4 Å². The van der Waals surface area contributed by atoms with Crippen molar-refractivity contribution in [3.05, 3.63) is 34.6 Å². The Bertz CT molecular complexity index is 663. The average Bonchev–Trinajstić information content (AvgIpc) is 2.68. The van der Waals surface area contributed by atoms with Crippen LogP contribution in [0.4, 0.5) is 4.39 Å². The molecule has 0 spiro atoms. The van der Waals surface area contributed by atoms with Crippen molar-refractivity contribution in [3.8, 4) is 0 Å². The van der Waals surface area contributed by atoms with Crippen LogP contribution in [0.1, 0.15) is 12.0 Å². The standard InChI is InChI=1S/C20H30ClFN4O3/c1-24(14-19(27)23-7-4-12-29-2)15-20(28)26-10-8-25(9-11-26)13-16-17(21)5-3-6-18(16)22/h3,5-6H,4,7-15H2,1-2H3,(H,23,27). The van der Waals surface area contributed by atoms with Crippen LogP contribution in [0.15, 0.2) is 18.2 Å². The summed E-state index contributed by atoms with van der Waals surface area (Å²) in [5.74, 6) is -0.427. The van der Waals surface area contributed by atoms with E-state index in [2.05, 4.69) is 10.2 Å². The van der Waals surface area contributed by atoms with Crippen molar-refractivity contribution in [1.82, 2.24) is 20.0 Å². The van der Waals surface area contributed by atoms with Crippen LogP contribution >= 0.6 is 11.6 Å². The van der Waals surface area contributed by atoms with Crippen molar-refractivity contribution < 1.29 is 18.7 Å². The van der Waals surface area contributed by atoms with E-state index in [9.17, 15) is 14.0 Å². The molecule has 0 aromatic heterocycles. The first-order valence-corrected chi connectivity index (χ1v) is 10.2. The molecule has 9 heteroatoms. The summed E-state index contributed by atoms with van der Waals surface area (Å²) in [6.07, 6.45) is 0.757. The quantitative estimate of drug-likeness (QED) is 0.567. The number of ether oxygens (including phenoxy) is 1. The van der Waals surface area contributed by atoms with Crippen molar-refractivity contribution in [1.29, 1.82) is 0 Å². The van der Waals surface area contributed by atoms with Gasteiger partial charge >= 0.3 is 0 Å². The molecule has 0 unspecified atom stereocenters. The van der Waals surface area contributed by atoms with E-state index in [-0.39, 0.29) is 30.7 Å². The van der Waals surface area contributed by atoms with Gasteiger partial charge < -0.3 is 15.0 Å². The van der Waals surface area contributed by atoms with Crippen LogP contribution in [0.3, 0.4) is 0 Å². The molecule has 1 heterocycles. The van der Waals surface area contributed by atoms with Crippen LogP contribution in [0.25, 0.3) is 0 Å². The Morgan fingerprint density at radius 3 is 2.62 bits per heavy atom. The highest BCUT2D eigenvalue weighted by molar-refractivity contribution is 6.31. The number of hydrogen-bond acceptors (Lipinski definition) is 5. The van der Waals surface area contributed by atoms with Gasteiger partial charge in [0.15, 0.2) is 0 Å². The number of carbonyl (C=O) groups excluding carboxylic acids is 2. The van der Waals surface area contributed by atoms with Gasteiger partial charge in [-0.2, -0.15) is 0 Å². The number of rotatable bonds is 10. The monoisotopic (exact) mass is 428 g/mol. The first-order valence-electron chi connectivity index (χ1n) is 9.78. The minimum atomic E-state index is -0.307. The Kier molecular flexibility index (Phi) is 9.80. The molecule has 2 amide bonds. The highest BCUT2D eigenvalue weighted by Crippen LogP contribution is 2.21. The van der Waals surface area contributed by atoms with Crippen LogP contribution in [-0.2, 0) is 20.9 Å². The lowest BCUT2D eigenvalue weighted by Crippen LogP contribution is -2.51.